The molecule has 1 amide bonds. The number of halogens is 2. The number of rotatable bonds is 2. The lowest BCUT2D eigenvalue weighted by atomic mass is 10.2. The first kappa shape index (κ1) is 19.4. The van der Waals surface area contributed by atoms with Gasteiger partial charge in [0, 0.05) is 27.7 Å². The maximum absolute atomic E-state index is 11.8. The number of aromatic hydroxyl groups is 2. The molecule has 0 heterocycles. The second kappa shape index (κ2) is 8.99. The highest BCUT2D eigenvalue weighted by Gasteiger charge is 2.08. The Morgan fingerprint density at radius 2 is 1.42 bits per heavy atom. The van der Waals surface area contributed by atoms with Crippen molar-refractivity contribution in [2.45, 2.75) is 0 Å². The number of anilines is 2. The van der Waals surface area contributed by atoms with Gasteiger partial charge in [-0.25, -0.2) is 0 Å². The summed E-state index contributed by atoms with van der Waals surface area (Å²) in [6, 6.07) is 17.9. The zero-order chi connectivity index (χ0) is 19.1. The first-order valence-corrected chi connectivity index (χ1v) is 8.21. The van der Waals surface area contributed by atoms with Crippen LogP contribution in [0.1, 0.15) is 10.4 Å². The molecule has 26 heavy (non-hydrogen) atoms. The Labute approximate surface area is 160 Å². The fraction of sp³-hybridized carbons (Fsp3) is 0. The minimum absolute atomic E-state index is 0.0301. The van der Waals surface area contributed by atoms with Gasteiger partial charge in [0.1, 0.15) is 11.5 Å². The number of phenols is 2. The third-order valence-corrected chi connectivity index (χ3v) is 3.71. The quantitative estimate of drug-likeness (QED) is 0.368. The van der Waals surface area contributed by atoms with E-state index in [-0.39, 0.29) is 17.4 Å². The van der Waals surface area contributed by atoms with Crippen LogP contribution in [0.15, 0.2) is 66.7 Å². The molecule has 134 valence electrons. The average molecular weight is 391 g/mol. The van der Waals surface area contributed by atoms with Crippen LogP contribution in [0, 0.1) is 0 Å². The second-order valence-electron chi connectivity index (χ2n) is 5.18. The van der Waals surface area contributed by atoms with Crippen molar-refractivity contribution in [1.29, 1.82) is 0 Å². The van der Waals surface area contributed by atoms with Gasteiger partial charge >= 0.3 is 0 Å². The first-order chi connectivity index (χ1) is 12.4. The molecule has 0 fully saturated rings. The largest absolute Gasteiger partial charge is 0.506 e. The number of nitrogens with one attached hydrogen (secondary N) is 1. The average Bonchev–Trinajstić information content (AvgIpc) is 2.62. The zero-order valence-corrected chi connectivity index (χ0v) is 15.0. The second-order valence-corrected chi connectivity index (χ2v) is 6.06. The molecule has 3 rings (SSSR count). The molecule has 0 atom stereocenters. The molecule has 0 aliphatic carbocycles. The van der Waals surface area contributed by atoms with Crippen molar-refractivity contribution in [3.8, 4) is 11.5 Å². The van der Waals surface area contributed by atoms with E-state index in [0.29, 0.717) is 27.0 Å². The van der Waals surface area contributed by atoms with Crippen molar-refractivity contribution in [1.82, 2.24) is 0 Å². The van der Waals surface area contributed by atoms with Crippen LogP contribution in [-0.2, 0) is 0 Å². The number of amides is 1. The molecule has 5 nitrogen and oxygen atoms in total. The van der Waals surface area contributed by atoms with Crippen LogP contribution in [-0.4, -0.2) is 16.1 Å². The predicted molar refractivity (Wildman–Crippen MR) is 105 cm³/mol. The van der Waals surface area contributed by atoms with Crippen molar-refractivity contribution in [2.75, 3.05) is 11.1 Å². The monoisotopic (exact) mass is 390 g/mol. The zero-order valence-electron chi connectivity index (χ0n) is 13.5. The van der Waals surface area contributed by atoms with Crippen LogP contribution < -0.4 is 11.1 Å². The third kappa shape index (κ3) is 5.58. The fourth-order valence-electron chi connectivity index (χ4n) is 1.91. The Morgan fingerprint density at radius 1 is 0.846 bits per heavy atom. The number of carbonyl (C=O) groups is 1. The Balaban J connectivity index is 0.000000228. The van der Waals surface area contributed by atoms with Crippen LogP contribution >= 0.6 is 23.2 Å². The molecule has 3 aromatic carbocycles. The van der Waals surface area contributed by atoms with E-state index in [1.807, 2.05) is 6.07 Å². The molecule has 0 aliphatic rings. The molecule has 3 aromatic rings. The van der Waals surface area contributed by atoms with E-state index in [1.54, 1.807) is 48.5 Å². The van der Waals surface area contributed by atoms with Gasteiger partial charge in [0.05, 0.1) is 11.4 Å². The van der Waals surface area contributed by atoms with E-state index >= 15 is 0 Å². The molecule has 0 aliphatic heterocycles. The number of nitrogen functional groups attached to an aromatic ring is 1. The van der Waals surface area contributed by atoms with Crippen LogP contribution in [0.5, 0.6) is 11.5 Å². The van der Waals surface area contributed by atoms with Gasteiger partial charge < -0.3 is 21.3 Å². The number of carbonyl (C=O) groups excluding carboxylic acids is 1. The van der Waals surface area contributed by atoms with Crippen LogP contribution in [0.3, 0.4) is 0 Å². The van der Waals surface area contributed by atoms with Gasteiger partial charge in [0.2, 0.25) is 0 Å². The molecular formula is C19H16Cl2N2O3. The molecule has 0 aromatic heterocycles. The summed E-state index contributed by atoms with van der Waals surface area (Å²) < 4.78 is 0. The Kier molecular flexibility index (Phi) is 6.72. The maximum Gasteiger partial charge on any atom is 0.255 e. The Bertz CT molecular complexity index is 903. The summed E-state index contributed by atoms with van der Waals surface area (Å²) in [6.07, 6.45) is 0. The Morgan fingerprint density at radius 3 is 1.96 bits per heavy atom. The summed E-state index contributed by atoms with van der Waals surface area (Å²) >= 11 is 11.2. The lowest BCUT2D eigenvalue weighted by Crippen LogP contribution is -2.11. The highest BCUT2D eigenvalue weighted by molar-refractivity contribution is 6.31. The summed E-state index contributed by atoms with van der Waals surface area (Å²) in [4.78, 5) is 11.8. The predicted octanol–water partition coefficient (Wildman–Crippen LogP) is 4.93. The van der Waals surface area contributed by atoms with Gasteiger partial charge in [0.25, 0.3) is 5.91 Å². The van der Waals surface area contributed by atoms with Crippen molar-refractivity contribution in [3.05, 3.63) is 82.3 Å². The van der Waals surface area contributed by atoms with Gasteiger partial charge in [-0.2, -0.15) is 0 Å². The number of phenolic OH excluding ortho intramolecular Hbond substituents is 2. The molecule has 0 saturated carbocycles. The minimum atomic E-state index is -0.275. The third-order valence-electron chi connectivity index (χ3n) is 3.24. The Hall–Kier alpha value is -2.89. The molecule has 0 unspecified atom stereocenters. The number of benzene rings is 3. The lowest BCUT2D eigenvalue weighted by molar-refractivity contribution is 0.102. The van der Waals surface area contributed by atoms with Crippen molar-refractivity contribution < 1.29 is 15.0 Å². The molecule has 0 saturated heterocycles. The van der Waals surface area contributed by atoms with Crippen LogP contribution in [0.4, 0.5) is 11.4 Å². The molecule has 0 spiro atoms. The number of nitrogens with two attached hydrogens (primary N) is 1. The molecule has 0 bridgehead atoms. The maximum atomic E-state index is 11.8. The van der Waals surface area contributed by atoms with Gasteiger partial charge in [-0.15, -0.1) is 0 Å². The standard InChI is InChI=1S/C13H10ClNO2.C6H6ClNO/c14-10-6-7-11(12(16)8-10)15-13(17)9-4-2-1-3-5-9;7-4-1-2-5(8)6(9)3-4/h1-8,16H,(H,15,17);1-3,9H,8H2. The number of hydrogen-bond donors (Lipinski definition) is 4. The lowest BCUT2D eigenvalue weighted by Gasteiger charge is -2.07. The molecule has 7 heteroatoms. The van der Waals surface area contributed by atoms with E-state index in [9.17, 15) is 9.90 Å². The van der Waals surface area contributed by atoms with Gasteiger partial charge in [0.15, 0.2) is 0 Å². The fourth-order valence-corrected chi connectivity index (χ4v) is 2.24. The molecule has 5 N–H and O–H groups in total. The highest BCUT2D eigenvalue weighted by Crippen LogP contribution is 2.27. The van der Waals surface area contributed by atoms with E-state index in [1.165, 1.54) is 12.1 Å². The van der Waals surface area contributed by atoms with E-state index in [2.05, 4.69) is 5.32 Å². The van der Waals surface area contributed by atoms with Crippen LogP contribution in [0.2, 0.25) is 10.0 Å². The summed E-state index contributed by atoms with van der Waals surface area (Å²) in [5.41, 5.74) is 6.49. The van der Waals surface area contributed by atoms with Gasteiger partial charge in [-0.1, -0.05) is 41.4 Å². The van der Waals surface area contributed by atoms with E-state index in [4.69, 9.17) is 34.0 Å². The summed E-state index contributed by atoms with van der Waals surface area (Å²) in [5.74, 6) is -0.299. The highest BCUT2D eigenvalue weighted by atomic mass is 35.5. The van der Waals surface area contributed by atoms with Crippen molar-refractivity contribution >= 4 is 40.5 Å². The normalized spacial score (nSPS) is 9.77. The summed E-state index contributed by atoms with van der Waals surface area (Å²) in [6.45, 7) is 0. The molecular weight excluding hydrogens is 375 g/mol. The number of hydrogen-bond acceptors (Lipinski definition) is 4. The van der Waals surface area contributed by atoms with E-state index < -0.39 is 0 Å². The van der Waals surface area contributed by atoms with Gasteiger partial charge in [-0.05, 0) is 36.4 Å². The van der Waals surface area contributed by atoms with Crippen LogP contribution in [0.25, 0.3) is 0 Å². The smallest absolute Gasteiger partial charge is 0.255 e. The van der Waals surface area contributed by atoms with Crippen molar-refractivity contribution in [3.63, 3.8) is 0 Å². The molecule has 0 radical (unpaired) electrons. The SMILES string of the molecule is Nc1ccc(Cl)cc1O.O=C(Nc1ccc(Cl)cc1O)c1ccccc1. The van der Waals surface area contributed by atoms with E-state index in [0.717, 1.165) is 0 Å². The topological polar surface area (TPSA) is 95.6 Å². The first-order valence-electron chi connectivity index (χ1n) is 7.45. The summed E-state index contributed by atoms with van der Waals surface area (Å²) in [7, 11) is 0. The minimum Gasteiger partial charge on any atom is -0.506 e. The van der Waals surface area contributed by atoms with Crippen molar-refractivity contribution in [2.24, 2.45) is 0 Å². The summed E-state index contributed by atoms with van der Waals surface area (Å²) in [5, 5.41) is 22.0. The van der Waals surface area contributed by atoms with Gasteiger partial charge in [-0.3, -0.25) is 4.79 Å².